The summed E-state index contributed by atoms with van der Waals surface area (Å²) in [5.41, 5.74) is 6.60. The summed E-state index contributed by atoms with van der Waals surface area (Å²) in [6.45, 7) is 2.82. The van der Waals surface area contributed by atoms with Gasteiger partial charge in [0.15, 0.2) is 0 Å². The van der Waals surface area contributed by atoms with E-state index in [1.165, 1.54) is 13.8 Å². The second-order valence-corrected chi connectivity index (χ2v) is 17.0. The van der Waals surface area contributed by atoms with Gasteiger partial charge < -0.3 is 20.6 Å². The number of hydrogen-bond donors (Lipinski definition) is 3. The van der Waals surface area contributed by atoms with Gasteiger partial charge in [0.25, 0.3) is 0 Å². The fourth-order valence-corrected chi connectivity index (χ4v) is 9.42. The predicted octanol–water partition coefficient (Wildman–Crippen LogP) is 13.4. The van der Waals surface area contributed by atoms with Crippen LogP contribution in [0.4, 0.5) is 34.1 Å². The first-order chi connectivity index (χ1) is 33.2. The highest BCUT2D eigenvalue weighted by Gasteiger charge is 2.40. The van der Waals surface area contributed by atoms with Gasteiger partial charge in [0.1, 0.15) is 5.76 Å². The van der Waals surface area contributed by atoms with Crippen molar-refractivity contribution in [3.05, 3.63) is 234 Å². The molecule has 9 aromatic rings. The number of benzene rings is 9. The second kappa shape index (κ2) is 17.0. The number of anilines is 4. The average Bonchev–Trinajstić information content (AvgIpc) is 3.35. The molecule has 9 aromatic carbocycles. The summed E-state index contributed by atoms with van der Waals surface area (Å²) in [5.74, 6) is -1.35. The van der Waals surface area contributed by atoms with Crippen LogP contribution in [0.1, 0.15) is 19.4 Å². The van der Waals surface area contributed by atoms with E-state index in [9.17, 15) is 19.5 Å². The van der Waals surface area contributed by atoms with Crippen molar-refractivity contribution in [2.45, 2.75) is 13.8 Å². The Morgan fingerprint density at radius 2 is 0.926 bits per heavy atom. The Balaban J connectivity index is 1.03. The van der Waals surface area contributed by atoms with Crippen molar-refractivity contribution in [3.8, 4) is 0 Å². The number of rotatable bonds is 8. The molecule has 0 atom stereocenters. The zero-order valence-electron chi connectivity index (χ0n) is 37.2. The lowest BCUT2D eigenvalue weighted by molar-refractivity contribution is -0.118. The SMILES string of the molecule is CC(=O)NC1=CC(=[N+](c2ccc3ccccc3c2)c2ccc3ccccc3c2)C=C/C1=C1\C(=O)C(c2ccc(N(c3ccc4ccccc4c3)c3ccc4ccccc4c3)cc2NC(C)=O)=C1O. The molecule has 68 heavy (non-hydrogen) atoms. The summed E-state index contributed by atoms with van der Waals surface area (Å²) >= 11 is 0. The zero-order valence-corrected chi connectivity index (χ0v) is 37.2. The van der Waals surface area contributed by atoms with Crippen LogP contribution in [0.2, 0.25) is 0 Å². The number of aliphatic hydroxyl groups is 1. The Morgan fingerprint density at radius 3 is 1.41 bits per heavy atom. The fraction of sp³-hybridized carbons (Fsp3) is 0.0333. The first-order valence-electron chi connectivity index (χ1n) is 22.4. The number of nitrogens with one attached hydrogen (secondary N) is 2. The van der Waals surface area contributed by atoms with Crippen molar-refractivity contribution in [2.75, 3.05) is 10.2 Å². The van der Waals surface area contributed by atoms with Crippen molar-refractivity contribution < 1.29 is 19.5 Å². The van der Waals surface area contributed by atoms with Gasteiger partial charge in [-0.15, -0.1) is 0 Å². The van der Waals surface area contributed by atoms with E-state index >= 15 is 0 Å². The van der Waals surface area contributed by atoms with Gasteiger partial charge in [0.2, 0.25) is 34.7 Å². The van der Waals surface area contributed by atoms with Crippen molar-refractivity contribution in [3.63, 3.8) is 0 Å². The van der Waals surface area contributed by atoms with Crippen LogP contribution in [0.3, 0.4) is 0 Å². The van der Waals surface area contributed by atoms with E-state index in [0.29, 0.717) is 22.5 Å². The lowest BCUT2D eigenvalue weighted by Crippen LogP contribution is -2.30. The lowest BCUT2D eigenvalue weighted by atomic mass is 9.78. The van der Waals surface area contributed by atoms with E-state index in [4.69, 9.17) is 0 Å². The summed E-state index contributed by atoms with van der Waals surface area (Å²) in [6.07, 6.45) is 5.49. The highest BCUT2D eigenvalue weighted by atomic mass is 16.3. The van der Waals surface area contributed by atoms with Gasteiger partial charge in [-0.05, 0) is 104 Å². The molecule has 2 aliphatic rings. The molecule has 0 spiro atoms. The van der Waals surface area contributed by atoms with E-state index in [1.54, 1.807) is 12.1 Å². The summed E-state index contributed by atoms with van der Waals surface area (Å²) < 4.78 is 2.11. The minimum atomic E-state index is -0.428. The maximum Gasteiger partial charge on any atom is 0.221 e. The number of aliphatic hydroxyl groups excluding tert-OH is 1. The van der Waals surface area contributed by atoms with Crippen molar-refractivity contribution in [2.24, 2.45) is 0 Å². The number of carbonyl (C=O) groups excluding carboxylic acids is 3. The maximum atomic E-state index is 14.6. The Morgan fingerprint density at radius 1 is 0.485 bits per heavy atom. The van der Waals surface area contributed by atoms with Gasteiger partial charge in [-0.1, -0.05) is 109 Å². The molecule has 0 aliphatic heterocycles. The van der Waals surface area contributed by atoms with Gasteiger partial charge in [-0.2, -0.15) is 4.58 Å². The van der Waals surface area contributed by atoms with Crippen LogP contribution in [-0.4, -0.2) is 28.4 Å². The van der Waals surface area contributed by atoms with Crippen molar-refractivity contribution in [1.82, 2.24) is 9.89 Å². The van der Waals surface area contributed by atoms with Crippen LogP contribution < -0.4 is 20.1 Å². The standard InChI is InChI=1S/C60H42N4O4/c1-37(65)61-55-35-51(63(47-23-19-39-11-3-7-15-43(39)31-47)48-24-20-40-12-4-8-16-44(40)32-48)27-29-53(55)57-59(67)58(60(57)68)54-30-28-52(36-56(54)62-38(2)66)64(49-25-21-41-13-5-9-17-45(41)33-49)50-26-22-42-14-6-10-18-46(42)34-50/h3-36H,1-2H3,(H2,61,62,65,66,67,68)/p+1. The van der Waals surface area contributed by atoms with E-state index < -0.39 is 5.78 Å². The number of amides is 2. The van der Waals surface area contributed by atoms with Crippen LogP contribution in [0.5, 0.6) is 0 Å². The molecule has 0 heterocycles. The molecule has 0 unspecified atom stereocenters. The second-order valence-electron chi connectivity index (χ2n) is 17.0. The maximum absolute atomic E-state index is 14.6. The highest BCUT2D eigenvalue weighted by molar-refractivity contribution is 6.40. The van der Waals surface area contributed by atoms with E-state index in [1.807, 2.05) is 72.8 Å². The van der Waals surface area contributed by atoms with E-state index in [0.717, 1.165) is 77.2 Å². The molecule has 11 rings (SSSR count). The van der Waals surface area contributed by atoms with Gasteiger partial charge in [-0.25, -0.2) is 0 Å². The lowest BCUT2D eigenvalue weighted by Gasteiger charge is -2.29. The van der Waals surface area contributed by atoms with Gasteiger partial charge >= 0.3 is 0 Å². The number of fused-ring (bicyclic) bond motifs is 4. The molecule has 0 saturated heterocycles. The molecule has 0 saturated carbocycles. The molecule has 0 fully saturated rings. The summed E-state index contributed by atoms with van der Waals surface area (Å²) in [5, 5.41) is 26.6. The molecule has 8 heteroatoms. The van der Waals surface area contributed by atoms with Gasteiger partial charge in [-0.3, -0.25) is 14.4 Å². The molecule has 8 nitrogen and oxygen atoms in total. The Hall–Kier alpha value is -9.14. The van der Waals surface area contributed by atoms with Crippen molar-refractivity contribution in [1.29, 1.82) is 0 Å². The first kappa shape index (κ1) is 41.6. The number of nitrogens with zero attached hydrogens (tertiary/aromatic N) is 2. The van der Waals surface area contributed by atoms with Gasteiger partial charge in [0, 0.05) is 78.5 Å². The smallest absolute Gasteiger partial charge is 0.221 e. The average molecular weight is 884 g/mol. The van der Waals surface area contributed by atoms with Crippen LogP contribution >= 0.6 is 0 Å². The molecular weight excluding hydrogens is 841 g/mol. The molecule has 2 aliphatic carbocycles. The molecule has 3 N–H and O–H groups in total. The highest BCUT2D eigenvalue weighted by Crippen LogP contribution is 2.45. The monoisotopic (exact) mass is 883 g/mol. The van der Waals surface area contributed by atoms with E-state index in [-0.39, 0.29) is 28.7 Å². The van der Waals surface area contributed by atoms with Crippen LogP contribution in [-0.2, 0) is 14.4 Å². The van der Waals surface area contributed by atoms with Gasteiger partial charge in [0.05, 0.1) is 22.5 Å². The number of Topliss-reactive ketones (excluding diaryl/α,β-unsaturated/α-hetero) is 1. The quantitative estimate of drug-likeness (QED) is 0.104. The number of allylic oxidation sites excluding steroid dienone is 5. The van der Waals surface area contributed by atoms with E-state index in [2.05, 4.69) is 141 Å². The Kier molecular flexibility index (Phi) is 10.4. The molecule has 0 aromatic heterocycles. The molecular formula is C60H43N4O4+. The fourth-order valence-electron chi connectivity index (χ4n) is 9.42. The largest absolute Gasteiger partial charge is 0.506 e. The minimum absolute atomic E-state index is 0.0602. The number of carbonyl (C=O) groups is 3. The number of hydrogen-bond acceptors (Lipinski definition) is 5. The molecule has 0 radical (unpaired) electrons. The van der Waals surface area contributed by atoms with Crippen LogP contribution in [0, 0.1) is 0 Å². The topological polar surface area (TPSA) is 102 Å². The Bertz CT molecular complexity index is 3640. The molecule has 326 valence electrons. The minimum Gasteiger partial charge on any atom is -0.506 e. The third kappa shape index (κ3) is 7.59. The summed E-state index contributed by atoms with van der Waals surface area (Å²) in [4.78, 5) is 42.5. The van der Waals surface area contributed by atoms with Crippen molar-refractivity contribution >= 4 is 106 Å². The normalized spacial score (nSPS) is 14.6. The third-order valence-electron chi connectivity index (χ3n) is 12.6. The molecule has 2 amide bonds. The Labute approximate surface area is 392 Å². The van der Waals surface area contributed by atoms with Crippen LogP contribution in [0.15, 0.2) is 229 Å². The zero-order chi connectivity index (χ0) is 46.5. The first-order valence-corrected chi connectivity index (χ1v) is 22.4. The predicted molar refractivity (Wildman–Crippen MR) is 277 cm³/mol. The summed E-state index contributed by atoms with van der Waals surface area (Å²) in [7, 11) is 0. The molecule has 0 bridgehead atoms. The third-order valence-corrected chi connectivity index (χ3v) is 12.6. The number of ketones is 1. The summed E-state index contributed by atoms with van der Waals surface area (Å²) in [6, 6.07) is 63.3. The van der Waals surface area contributed by atoms with Crippen LogP contribution in [0.25, 0.3) is 48.7 Å².